The highest BCUT2D eigenvalue weighted by Gasteiger charge is 2.22. The van der Waals surface area contributed by atoms with Crippen LogP contribution in [0.25, 0.3) is 0 Å². The summed E-state index contributed by atoms with van der Waals surface area (Å²) in [7, 11) is 0. The fourth-order valence-electron chi connectivity index (χ4n) is 2.65. The van der Waals surface area contributed by atoms with Crippen molar-refractivity contribution in [3.05, 3.63) is 29.3 Å². The van der Waals surface area contributed by atoms with Gasteiger partial charge in [0.1, 0.15) is 0 Å². The topological polar surface area (TPSA) is 78.7 Å². The average molecular weight is 385 g/mol. The Balaban J connectivity index is 1.73. The van der Waals surface area contributed by atoms with Gasteiger partial charge in [0, 0.05) is 36.9 Å². The first-order chi connectivity index (χ1) is 12.0. The van der Waals surface area contributed by atoms with Gasteiger partial charge in [-0.25, -0.2) is 0 Å². The number of thioether (sulfide) groups is 1. The Morgan fingerprint density at radius 3 is 2.48 bits per heavy atom. The smallest absolute Gasteiger partial charge is 0.242 e. The van der Waals surface area contributed by atoms with E-state index in [2.05, 4.69) is 10.2 Å². The van der Waals surface area contributed by atoms with Gasteiger partial charge < -0.3 is 20.9 Å². The molecule has 0 spiro atoms. The highest BCUT2D eigenvalue weighted by molar-refractivity contribution is 7.98. The van der Waals surface area contributed by atoms with Crippen LogP contribution in [0.1, 0.15) is 6.42 Å². The second kappa shape index (κ2) is 9.89. The summed E-state index contributed by atoms with van der Waals surface area (Å²) in [4.78, 5) is 28.1. The molecule has 2 rings (SSSR count). The minimum absolute atomic E-state index is 0.00669. The van der Waals surface area contributed by atoms with Crippen molar-refractivity contribution in [3.63, 3.8) is 0 Å². The minimum atomic E-state index is -0.554. The zero-order valence-corrected chi connectivity index (χ0v) is 16.0. The predicted octanol–water partition coefficient (Wildman–Crippen LogP) is 1.19. The van der Waals surface area contributed by atoms with Crippen LogP contribution in [-0.4, -0.2) is 67.5 Å². The number of piperazine rings is 1. The maximum Gasteiger partial charge on any atom is 0.242 e. The molecule has 8 heteroatoms. The summed E-state index contributed by atoms with van der Waals surface area (Å²) in [6.07, 6.45) is 2.58. The van der Waals surface area contributed by atoms with Crippen molar-refractivity contribution in [1.29, 1.82) is 0 Å². The van der Waals surface area contributed by atoms with Crippen LogP contribution in [-0.2, 0) is 9.59 Å². The Morgan fingerprint density at radius 1 is 1.24 bits per heavy atom. The van der Waals surface area contributed by atoms with E-state index in [9.17, 15) is 9.59 Å². The minimum Gasteiger partial charge on any atom is -0.368 e. The molecule has 2 amide bonds. The molecule has 1 aliphatic rings. The second-order valence-corrected chi connectivity index (χ2v) is 7.37. The number of nitrogens with one attached hydrogen (secondary N) is 1. The van der Waals surface area contributed by atoms with Gasteiger partial charge in [-0.3, -0.25) is 9.59 Å². The molecule has 0 aliphatic carbocycles. The van der Waals surface area contributed by atoms with Crippen LogP contribution < -0.4 is 16.0 Å². The number of hydrogen-bond acceptors (Lipinski definition) is 5. The highest BCUT2D eigenvalue weighted by atomic mass is 35.5. The van der Waals surface area contributed by atoms with E-state index in [1.807, 2.05) is 30.5 Å². The first-order valence-corrected chi connectivity index (χ1v) is 10.1. The molecule has 6 nitrogen and oxygen atoms in total. The number of carbonyl (C=O) groups is 2. The van der Waals surface area contributed by atoms with E-state index in [1.165, 1.54) is 0 Å². The van der Waals surface area contributed by atoms with Gasteiger partial charge in [-0.15, -0.1) is 0 Å². The molecule has 1 atom stereocenters. The Labute approximate surface area is 158 Å². The summed E-state index contributed by atoms with van der Waals surface area (Å²) in [6.45, 7) is 2.79. The molecule has 0 bridgehead atoms. The molecule has 1 saturated heterocycles. The molecule has 1 aromatic rings. The van der Waals surface area contributed by atoms with Crippen molar-refractivity contribution in [3.8, 4) is 0 Å². The van der Waals surface area contributed by atoms with Crippen LogP contribution in [0.15, 0.2) is 24.3 Å². The van der Waals surface area contributed by atoms with Crippen molar-refractivity contribution in [2.75, 3.05) is 49.6 Å². The first-order valence-electron chi connectivity index (χ1n) is 8.32. The van der Waals surface area contributed by atoms with Gasteiger partial charge in [-0.2, -0.15) is 11.8 Å². The summed E-state index contributed by atoms with van der Waals surface area (Å²) in [5.41, 5.74) is 6.90. The van der Waals surface area contributed by atoms with Gasteiger partial charge >= 0.3 is 0 Å². The normalized spacial score (nSPS) is 15.8. The van der Waals surface area contributed by atoms with E-state index in [0.717, 1.165) is 24.5 Å². The lowest BCUT2D eigenvalue weighted by atomic mass is 10.2. The number of hydrogen-bond donors (Lipinski definition) is 2. The lowest BCUT2D eigenvalue weighted by Crippen LogP contribution is -2.52. The summed E-state index contributed by atoms with van der Waals surface area (Å²) in [6, 6.07) is 7.14. The molecule has 25 heavy (non-hydrogen) atoms. The quantitative estimate of drug-likeness (QED) is 0.738. The van der Waals surface area contributed by atoms with Crippen LogP contribution >= 0.6 is 23.4 Å². The third-order valence-corrected chi connectivity index (χ3v) is 5.10. The molecule has 0 unspecified atom stereocenters. The molecule has 3 N–H and O–H groups in total. The molecule has 0 aromatic heterocycles. The van der Waals surface area contributed by atoms with Crippen LogP contribution in [0.2, 0.25) is 5.02 Å². The maximum atomic E-state index is 12.3. The van der Waals surface area contributed by atoms with E-state index in [1.54, 1.807) is 16.7 Å². The summed E-state index contributed by atoms with van der Waals surface area (Å²) < 4.78 is 0. The number of benzene rings is 1. The molecular formula is C17H25ClN4O2S. The zero-order valence-electron chi connectivity index (χ0n) is 14.4. The number of nitrogens with two attached hydrogens (primary N) is 1. The number of rotatable bonds is 7. The van der Waals surface area contributed by atoms with Crippen molar-refractivity contribution in [1.82, 2.24) is 10.2 Å². The summed E-state index contributed by atoms with van der Waals surface area (Å²) >= 11 is 7.56. The summed E-state index contributed by atoms with van der Waals surface area (Å²) in [5.74, 6) is 0.498. The van der Waals surface area contributed by atoms with Crippen molar-refractivity contribution < 1.29 is 9.59 Å². The van der Waals surface area contributed by atoms with Gasteiger partial charge in [-0.05, 0) is 42.7 Å². The Morgan fingerprint density at radius 2 is 1.88 bits per heavy atom. The van der Waals surface area contributed by atoms with E-state index < -0.39 is 6.04 Å². The monoisotopic (exact) mass is 384 g/mol. The highest BCUT2D eigenvalue weighted by Crippen LogP contribution is 2.19. The van der Waals surface area contributed by atoms with Crippen LogP contribution in [0.3, 0.4) is 0 Å². The van der Waals surface area contributed by atoms with E-state index in [-0.39, 0.29) is 18.4 Å². The Hall–Kier alpha value is -1.44. The number of nitrogens with zero attached hydrogens (tertiary/aromatic N) is 2. The van der Waals surface area contributed by atoms with Crippen LogP contribution in [0, 0.1) is 0 Å². The first kappa shape index (κ1) is 19.9. The van der Waals surface area contributed by atoms with Crippen molar-refractivity contribution in [2.45, 2.75) is 12.5 Å². The third kappa shape index (κ3) is 6.09. The lowest BCUT2D eigenvalue weighted by molar-refractivity contribution is -0.133. The van der Waals surface area contributed by atoms with E-state index in [4.69, 9.17) is 17.3 Å². The third-order valence-electron chi connectivity index (χ3n) is 4.21. The fraction of sp³-hybridized carbons (Fsp3) is 0.529. The average Bonchev–Trinajstić information content (AvgIpc) is 2.64. The summed E-state index contributed by atoms with van der Waals surface area (Å²) in [5, 5.41) is 3.36. The standard InChI is InChI=1S/C17H25ClN4O2S/c1-25-11-6-15(19)17(24)20-12-16(23)22-9-7-21(8-10-22)14-4-2-13(18)3-5-14/h2-5,15H,6-12,19H2,1H3,(H,20,24)/t15-/m0/s1. The number of amides is 2. The van der Waals surface area contributed by atoms with Gasteiger partial charge in [0.2, 0.25) is 11.8 Å². The largest absolute Gasteiger partial charge is 0.368 e. The van der Waals surface area contributed by atoms with Crippen LogP contribution in [0.4, 0.5) is 5.69 Å². The number of carbonyl (C=O) groups excluding carboxylic acids is 2. The van der Waals surface area contributed by atoms with Crippen LogP contribution in [0.5, 0.6) is 0 Å². The fourth-order valence-corrected chi connectivity index (χ4v) is 3.26. The van der Waals surface area contributed by atoms with Gasteiger partial charge in [0.05, 0.1) is 12.6 Å². The molecule has 1 heterocycles. The molecule has 0 radical (unpaired) electrons. The SMILES string of the molecule is CSCC[C@H](N)C(=O)NCC(=O)N1CCN(c2ccc(Cl)cc2)CC1. The second-order valence-electron chi connectivity index (χ2n) is 5.95. The Bertz CT molecular complexity index is 577. The lowest BCUT2D eigenvalue weighted by Gasteiger charge is -2.36. The molecular weight excluding hydrogens is 360 g/mol. The van der Waals surface area contributed by atoms with E-state index >= 15 is 0 Å². The molecule has 0 saturated carbocycles. The van der Waals surface area contributed by atoms with E-state index in [0.29, 0.717) is 24.5 Å². The zero-order chi connectivity index (χ0) is 18.2. The van der Waals surface area contributed by atoms with Crippen molar-refractivity contribution in [2.24, 2.45) is 5.73 Å². The Kier molecular flexibility index (Phi) is 7.87. The molecule has 138 valence electrons. The predicted molar refractivity (Wildman–Crippen MR) is 104 cm³/mol. The van der Waals surface area contributed by atoms with Crippen molar-refractivity contribution >= 4 is 40.9 Å². The molecule has 1 aliphatic heterocycles. The van der Waals surface area contributed by atoms with Gasteiger partial charge in [-0.1, -0.05) is 11.6 Å². The molecule has 1 fully saturated rings. The number of anilines is 1. The van der Waals surface area contributed by atoms with Gasteiger partial charge in [0.15, 0.2) is 0 Å². The van der Waals surface area contributed by atoms with Gasteiger partial charge in [0.25, 0.3) is 0 Å². The molecule has 1 aromatic carbocycles. The maximum absolute atomic E-state index is 12.3. The number of halogens is 1.